The zero-order chi connectivity index (χ0) is 13.7. The third kappa shape index (κ3) is 3.10. The largest absolute Gasteiger partial charge is 0.494 e. The van der Waals surface area contributed by atoms with Gasteiger partial charge in [-0.2, -0.15) is 0 Å². The van der Waals surface area contributed by atoms with Gasteiger partial charge < -0.3 is 19.9 Å². The summed E-state index contributed by atoms with van der Waals surface area (Å²) in [4.78, 5) is 0. The predicted molar refractivity (Wildman–Crippen MR) is 75.1 cm³/mol. The summed E-state index contributed by atoms with van der Waals surface area (Å²) in [7, 11) is 1.57. The normalized spacial score (nSPS) is 10.0. The van der Waals surface area contributed by atoms with Gasteiger partial charge in [0.05, 0.1) is 19.4 Å². The van der Waals surface area contributed by atoms with Gasteiger partial charge in [0.25, 0.3) is 0 Å². The predicted octanol–water partition coefficient (Wildman–Crippen LogP) is 3.47. The fourth-order valence-electron chi connectivity index (χ4n) is 1.69. The van der Waals surface area contributed by atoms with E-state index in [0.717, 1.165) is 0 Å². The molecule has 0 radical (unpaired) electrons. The average molecular weight is 259 g/mol. The van der Waals surface area contributed by atoms with Crippen LogP contribution in [0.4, 0.5) is 5.69 Å². The lowest BCUT2D eigenvalue weighted by molar-refractivity contribution is 0.321. The Morgan fingerprint density at radius 1 is 1.00 bits per heavy atom. The van der Waals surface area contributed by atoms with Gasteiger partial charge in [0.15, 0.2) is 11.5 Å². The lowest BCUT2D eigenvalue weighted by Gasteiger charge is -2.12. The standard InChI is InChI=1S/C15H17NO3/c1-3-18-13-6-4-5-7-14(13)19-11-8-9-12(16)15(10-11)17-2/h4-10H,3,16H2,1-2H3. The Balaban J connectivity index is 2.26. The van der Waals surface area contributed by atoms with E-state index in [4.69, 9.17) is 19.9 Å². The molecule has 2 aromatic carbocycles. The van der Waals surface area contributed by atoms with E-state index in [1.165, 1.54) is 0 Å². The quantitative estimate of drug-likeness (QED) is 0.835. The number of nitrogens with two attached hydrogens (primary N) is 1. The monoisotopic (exact) mass is 259 g/mol. The molecule has 0 aliphatic carbocycles. The second-order valence-electron chi connectivity index (χ2n) is 3.89. The van der Waals surface area contributed by atoms with Crippen molar-refractivity contribution >= 4 is 5.69 Å². The minimum atomic E-state index is 0.577. The fourth-order valence-corrected chi connectivity index (χ4v) is 1.69. The maximum Gasteiger partial charge on any atom is 0.169 e. The van der Waals surface area contributed by atoms with Gasteiger partial charge in [-0.1, -0.05) is 12.1 Å². The van der Waals surface area contributed by atoms with Gasteiger partial charge in [0.2, 0.25) is 0 Å². The van der Waals surface area contributed by atoms with Crippen LogP contribution in [-0.2, 0) is 0 Å². The average Bonchev–Trinajstić information content (AvgIpc) is 2.43. The highest BCUT2D eigenvalue weighted by molar-refractivity contribution is 5.56. The van der Waals surface area contributed by atoms with Crippen LogP contribution in [0.5, 0.6) is 23.0 Å². The Morgan fingerprint density at radius 3 is 2.42 bits per heavy atom. The van der Waals surface area contributed by atoms with E-state index < -0.39 is 0 Å². The van der Waals surface area contributed by atoms with Crippen molar-refractivity contribution in [3.8, 4) is 23.0 Å². The third-order valence-corrected chi connectivity index (χ3v) is 2.58. The first kappa shape index (κ1) is 13.1. The molecule has 0 saturated carbocycles. The molecular weight excluding hydrogens is 242 g/mol. The van der Waals surface area contributed by atoms with E-state index >= 15 is 0 Å². The van der Waals surface area contributed by atoms with Crippen molar-refractivity contribution in [2.75, 3.05) is 19.5 Å². The number of benzene rings is 2. The molecule has 0 spiro atoms. The Hall–Kier alpha value is -2.36. The zero-order valence-corrected chi connectivity index (χ0v) is 11.1. The number of rotatable bonds is 5. The molecule has 19 heavy (non-hydrogen) atoms. The lowest BCUT2D eigenvalue weighted by atomic mass is 10.2. The smallest absolute Gasteiger partial charge is 0.169 e. The molecule has 0 heterocycles. The number of ether oxygens (including phenoxy) is 3. The highest BCUT2D eigenvalue weighted by Gasteiger charge is 2.07. The molecule has 2 rings (SSSR count). The van der Waals surface area contributed by atoms with Gasteiger partial charge in [-0.3, -0.25) is 0 Å². The number of methoxy groups -OCH3 is 1. The molecule has 0 aliphatic rings. The summed E-state index contributed by atoms with van der Waals surface area (Å²) in [6, 6.07) is 12.8. The number of hydrogen-bond acceptors (Lipinski definition) is 4. The van der Waals surface area contributed by atoms with Gasteiger partial charge >= 0.3 is 0 Å². The molecular formula is C15H17NO3. The SMILES string of the molecule is CCOc1ccccc1Oc1ccc(N)c(OC)c1. The summed E-state index contributed by atoms with van der Waals surface area (Å²) in [5.74, 6) is 2.61. The van der Waals surface area contributed by atoms with Crippen LogP contribution in [-0.4, -0.2) is 13.7 Å². The first-order valence-corrected chi connectivity index (χ1v) is 6.07. The number of hydrogen-bond donors (Lipinski definition) is 1. The molecule has 0 unspecified atom stereocenters. The minimum Gasteiger partial charge on any atom is -0.494 e. The van der Waals surface area contributed by atoms with Crippen LogP contribution >= 0.6 is 0 Å². The molecule has 0 saturated heterocycles. The fraction of sp³-hybridized carbons (Fsp3) is 0.200. The lowest BCUT2D eigenvalue weighted by Crippen LogP contribution is -1.96. The zero-order valence-electron chi connectivity index (χ0n) is 11.1. The molecule has 0 atom stereocenters. The Labute approximate surface area is 112 Å². The molecule has 2 N–H and O–H groups in total. The molecule has 2 aromatic rings. The van der Waals surface area contributed by atoms with Crippen LogP contribution in [0.25, 0.3) is 0 Å². The van der Waals surface area contributed by atoms with Crippen molar-refractivity contribution in [1.82, 2.24) is 0 Å². The number of para-hydroxylation sites is 2. The van der Waals surface area contributed by atoms with Crippen molar-refractivity contribution < 1.29 is 14.2 Å². The van der Waals surface area contributed by atoms with E-state index in [9.17, 15) is 0 Å². The molecule has 0 fully saturated rings. The van der Waals surface area contributed by atoms with Crippen molar-refractivity contribution in [3.05, 3.63) is 42.5 Å². The van der Waals surface area contributed by atoms with Crippen molar-refractivity contribution in [2.45, 2.75) is 6.92 Å². The van der Waals surface area contributed by atoms with Crippen molar-refractivity contribution in [3.63, 3.8) is 0 Å². The molecule has 0 aromatic heterocycles. The minimum absolute atomic E-state index is 0.577. The summed E-state index contributed by atoms with van der Waals surface area (Å²) < 4.78 is 16.5. The highest BCUT2D eigenvalue weighted by atomic mass is 16.5. The summed E-state index contributed by atoms with van der Waals surface area (Å²) in [6.45, 7) is 2.52. The molecule has 0 amide bonds. The summed E-state index contributed by atoms with van der Waals surface area (Å²) in [5.41, 5.74) is 6.34. The van der Waals surface area contributed by atoms with E-state index in [2.05, 4.69) is 0 Å². The van der Waals surface area contributed by atoms with Crippen LogP contribution in [0.1, 0.15) is 6.92 Å². The summed E-state index contributed by atoms with van der Waals surface area (Å²) in [6.07, 6.45) is 0. The van der Waals surface area contributed by atoms with Gasteiger partial charge in [-0.25, -0.2) is 0 Å². The van der Waals surface area contributed by atoms with Crippen LogP contribution in [0.3, 0.4) is 0 Å². The molecule has 4 heteroatoms. The Morgan fingerprint density at radius 2 is 1.74 bits per heavy atom. The molecule has 100 valence electrons. The number of anilines is 1. The first-order valence-electron chi connectivity index (χ1n) is 6.07. The van der Waals surface area contributed by atoms with Crippen LogP contribution in [0.15, 0.2) is 42.5 Å². The van der Waals surface area contributed by atoms with Gasteiger partial charge in [0.1, 0.15) is 11.5 Å². The molecule has 0 bridgehead atoms. The van der Waals surface area contributed by atoms with Crippen LogP contribution in [0.2, 0.25) is 0 Å². The molecule has 4 nitrogen and oxygen atoms in total. The summed E-state index contributed by atoms with van der Waals surface area (Å²) >= 11 is 0. The van der Waals surface area contributed by atoms with Crippen molar-refractivity contribution in [1.29, 1.82) is 0 Å². The van der Waals surface area contributed by atoms with E-state index in [0.29, 0.717) is 35.3 Å². The van der Waals surface area contributed by atoms with Gasteiger partial charge in [0, 0.05) is 6.07 Å². The van der Waals surface area contributed by atoms with Crippen LogP contribution in [0, 0.1) is 0 Å². The maximum atomic E-state index is 5.80. The summed E-state index contributed by atoms with van der Waals surface area (Å²) in [5, 5.41) is 0. The maximum absolute atomic E-state index is 5.80. The van der Waals surface area contributed by atoms with Gasteiger partial charge in [-0.15, -0.1) is 0 Å². The molecule has 0 aliphatic heterocycles. The Kier molecular flexibility index (Phi) is 4.13. The highest BCUT2D eigenvalue weighted by Crippen LogP contribution is 2.34. The first-order chi connectivity index (χ1) is 9.24. The number of nitrogen functional groups attached to an aromatic ring is 1. The topological polar surface area (TPSA) is 53.7 Å². The van der Waals surface area contributed by atoms with Gasteiger partial charge in [-0.05, 0) is 31.2 Å². The van der Waals surface area contributed by atoms with E-state index in [1.54, 1.807) is 25.3 Å². The second-order valence-corrected chi connectivity index (χ2v) is 3.89. The van der Waals surface area contributed by atoms with E-state index in [-0.39, 0.29) is 0 Å². The second kappa shape index (κ2) is 6.00. The Bertz CT molecular complexity index is 555. The van der Waals surface area contributed by atoms with Crippen LogP contribution < -0.4 is 19.9 Å². The third-order valence-electron chi connectivity index (χ3n) is 2.58. The van der Waals surface area contributed by atoms with E-state index in [1.807, 2.05) is 31.2 Å². The van der Waals surface area contributed by atoms with Crippen molar-refractivity contribution in [2.24, 2.45) is 0 Å².